The van der Waals surface area contributed by atoms with Gasteiger partial charge < -0.3 is 0 Å². The van der Waals surface area contributed by atoms with Crippen LogP contribution in [0.15, 0.2) is 11.1 Å². The normalized spacial score (nSPS) is 13.9. The second-order valence-electron chi connectivity index (χ2n) is 3.19. The molecule has 0 aliphatic rings. The fraction of sp³-hybridized carbons (Fsp3) is 0.556. The van der Waals surface area contributed by atoms with E-state index in [4.69, 9.17) is 11.6 Å². The third kappa shape index (κ3) is 3.83. The predicted octanol–water partition coefficient (Wildman–Crippen LogP) is 4.04. The lowest BCUT2D eigenvalue weighted by Crippen LogP contribution is -2.11. The van der Waals surface area contributed by atoms with Gasteiger partial charge >= 0.3 is 6.18 Å². The molecule has 0 N–H and O–H groups in total. The summed E-state index contributed by atoms with van der Waals surface area (Å²) in [5, 5.41) is 0.252. The van der Waals surface area contributed by atoms with Crippen LogP contribution in [-0.4, -0.2) is 15.2 Å². The zero-order valence-corrected chi connectivity index (χ0v) is 10.2. The highest BCUT2D eigenvalue weighted by Crippen LogP contribution is 2.31. The van der Waals surface area contributed by atoms with Crippen molar-refractivity contribution in [1.29, 1.82) is 0 Å². The standard InChI is InChI=1S/C9H10ClF3N2S/c1-3-5(2)16-7-4-6(10)14-8(15-7)9(11,12)13/h4-5H,3H2,1-2H3. The van der Waals surface area contributed by atoms with Gasteiger partial charge in [-0.3, -0.25) is 0 Å². The fourth-order valence-electron chi connectivity index (χ4n) is 0.874. The number of hydrogen-bond acceptors (Lipinski definition) is 3. The van der Waals surface area contributed by atoms with Gasteiger partial charge in [0, 0.05) is 11.3 Å². The minimum Gasteiger partial charge on any atom is -0.218 e. The van der Waals surface area contributed by atoms with Gasteiger partial charge in [-0.2, -0.15) is 13.2 Å². The van der Waals surface area contributed by atoms with Crippen LogP contribution < -0.4 is 0 Å². The number of hydrogen-bond donors (Lipinski definition) is 0. The molecular weight excluding hydrogens is 261 g/mol. The van der Waals surface area contributed by atoms with Crippen molar-refractivity contribution in [3.05, 3.63) is 17.0 Å². The van der Waals surface area contributed by atoms with Crippen LogP contribution in [0.25, 0.3) is 0 Å². The molecule has 1 atom stereocenters. The molecule has 7 heteroatoms. The molecule has 0 spiro atoms. The molecule has 0 bridgehead atoms. The van der Waals surface area contributed by atoms with E-state index in [0.29, 0.717) is 0 Å². The lowest BCUT2D eigenvalue weighted by molar-refractivity contribution is -0.145. The van der Waals surface area contributed by atoms with Crippen LogP contribution in [-0.2, 0) is 6.18 Å². The summed E-state index contributed by atoms with van der Waals surface area (Å²) >= 11 is 6.77. The first-order chi connectivity index (χ1) is 7.32. The summed E-state index contributed by atoms with van der Waals surface area (Å²) in [6.07, 6.45) is -3.72. The monoisotopic (exact) mass is 270 g/mol. The topological polar surface area (TPSA) is 25.8 Å². The minimum atomic E-state index is -4.56. The van der Waals surface area contributed by atoms with Crippen LogP contribution in [0, 0.1) is 0 Å². The Hall–Kier alpha value is -0.490. The Labute approximate surface area is 101 Å². The van der Waals surface area contributed by atoms with Crippen molar-refractivity contribution >= 4 is 23.4 Å². The predicted molar refractivity (Wildman–Crippen MR) is 57.7 cm³/mol. The van der Waals surface area contributed by atoms with E-state index in [1.54, 1.807) is 0 Å². The van der Waals surface area contributed by atoms with E-state index >= 15 is 0 Å². The van der Waals surface area contributed by atoms with Gasteiger partial charge in [-0.1, -0.05) is 25.4 Å². The molecule has 0 amide bonds. The number of nitrogens with zero attached hydrogens (tertiary/aromatic N) is 2. The average Bonchev–Trinajstić information content (AvgIpc) is 2.15. The van der Waals surface area contributed by atoms with Gasteiger partial charge in [0.1, 0.15) is 10.2 Å². The number of halogens is 4. The maximum atomic E-state index is 12.4. The highest BCUT2D eigenvalue weighted by atomic mass is 35.5. The molecule has 0 saturated heterocycles. The Morgan fingerprint density at radius 3 is 2.56 bits per heavy atom. The fourth-order valence-corrected chi connectivity index (χ4v) is 2.02. The van der Waals surface area contributed by atoms with Gasteiger partial charge in [0.25, 0.3) is 0 Å². The minimum absolute atomic E-state index is 0.187. The molecule has 16 heavy (non-hydrogen) atoms. The quantitative estimate of drug-likeness (QED) is 0.612. The van der Waals surface area contributed by atoms with E-state index in [2.05, 4.69) is 9.97 Å². The number of aromatic nitrogens is 2. The Bertz CT molecular complexity index is 370. The Balaban J connectivity index is 2.99. The zero-order valence-electron chi connectivity index (χ0n) is 8.68. The molecule has 90 valence electrons. The van der Waals surface area contributed by atoms with Crippen LogP contribution in [0.3, 0.4) is 0 Å². The SMILES string of the molecule is CCC(C)Sc1cc(Cl)nc(C(F)(F)F)n1. The Morgan fingerprint density at radius 1 is 1.44 bits per heavy atom. The molecule has 0 aromatic carbocycles. The average molecular weight is 271 g/mol. The second-order valence-corrected chi connectivity index (χ2v) is 5.03. The van der Waals surface area contributed by atoms with Crippen molar-refractivity contribution in [2.24, 2.45) is 0 Å². The van der Waals surface area contributed by atoms with Crippen molar-refractivity contribution in [2.75, 3.05) is 0 Å². The van der Waals surface area contributed by atoms with Gasteiger partial charge in [0.15, 0.2) is 0 Å². The van der Waals surface area contributed by atoms with Gasteiger partial charge in [-0.25, -0.2) is 9.97 Å². The van der Waals surface area contributed by atoms with E-state index in [1.165, 1.54) is 17.8 Å². The maximum absolute atomic E-state index is 12.4. The molecule has 2 nitrogen and oxygen atoms in total. The summed E-state index contributed by atoms with van der Waals surface area (Å²) in [5.74, 6) is -1.19. The lowest BCUT2D eigenvalue weighted by Gasteiger charge is -2.10. The largest absolute Gasteiger partial charge is 0.451 e. The van der Waals surface area contributed by atoms with E-state index in [0.717, 1.165) is 6.42 Å². The molecule has 0 saturated carbocycles. The molecule has 0 fully saturated rings. The molecule has 1 aromatic rings. The molecule has 1 heterocycles. The van der Waals surface area contributed by atoms with Gasteiger partial charge in [0.2, 0.25) is 5.82 Å². The van der Waals surface area contributed by atoms with Crippen LogP contribution >= 0.6 is 23.4 Å². The first-order valence-corrected chi connectivity index (χ1v) is 5.87. The molecule has 1 aromatic heterocycles. The first-order valence-electron chi connectivity index (χ1n) is 4.61. The first kappa shape index (κ1) is 13.6. The molecular formula is C9H10ClF3N2S. The van der Waals surface area contributed by atoms with E-state index in [-0.39, 0.29) is 15.4 Å². The van der Waals surface area contributed by atoms with Crippen molar-refractivity contribution in [2.45, 2.75) is 36.7 Å². The van der Waals surface area contributed by atoms with Gasteiger partial charge in [-0.15, -0.1) is 11.8 Å². The van der Waals surface area contributed by atoms with Crippen LogP contribution in [0.4, 0.5) is 13.2 Å². The summed E-state index contributed by atoms with van der Waals surface area (Å²) in [7, 11) is 0. The molecule has 1 rings (SSSR count). The Kier molecular flexibility index (Phi) is 4.43. The lowest BCUT2D eigenvalue weighted by atomic mass is 10.4. The number of rotatable bonds is 3. The zero-order chi connectivity index (χ0) is 12.3. The van der Waals surface area contributed by atoms with Crippen LogP contribution in [0.1, 0.15) is 26.1 Å². The molecule has 1 unspecified atom stereocenters. The summed E-state index contributed by atoms with van der Waals surface area (Å²) in [6, 6.07) is 1.34. The van der Waals surface area contributed by atoms with Crippen molar-refractivity contribution in [3.63, 3.8) is 0 Å². The maximum Gasteiger partial charge on any atom is 0.451 e. The van der Waals surface area contributed by atoms with Crippen molar-refractivity contribution < 1.29 is 13.2 Å². The number of thioether (sulfide) groups is 1. The Morgan fingerprint density at radius 2 is 2.06 bits per heavy atom. The second kappa shape index (κ2) is 5.23. The van der Waals surface area contributed by atoms with E-state index in [1.807, 2.05) is 13.8 Å². The number of alkyl halides is 3. The summed E-state index contributed by atoms with van der Waals surface area (Å²) in [4.78, 5) is 6.59. The van der Waals surface area contributed by atoms with E-state index < -0.39 is 12.0 Å². The van der Waals surface area contributed by atoms with Crippen molar-refractivity contribution in [3.8, 4) is 0 Å². The van der Waals surface area contributed by atoms with Crippen molar-refractivity contribution in [1.82, 2.24) is 9.97 Å². The van der Waals surface area contributed by atoms with E-state index in [9.17, 15) is 13.2 Å². The van der Waals surface area contributed by atoms with Crippen LogP contribution in [0.5, 0.6) is 0 Å². The summed E-state index contributed by atoms with van der Waals surface area (Å²) in [5.41, 5.74) is 0. The van der Waals surface area contributed by atoms with Gasteiger partial charge in [0.05, 0.1) is 0 Å². The molecule has 0 radical (unpaired) electrons. The smallest absolute Gasteiger partial charge is 0.218 e. The third-order valence-corrected chi connectivity index (χ3v) is 3.20. The van der Waals surface area contributed by atoms with Crippen LogP contribution in [0.2, 0.25) is 5.15 Å². The highest BCUT2D eigenvalue weighted by Gasteiger charge is 2.35. The van der Waals surface area contributed by atoms with Gasteiger partial charge in [-0.05, 0) is 6.42 Å². The highest BCUT2D eigenvalue weighted by molar-refractivity contribution is 7.99. The summed E-state index contributed by atoms with van der Waals surface area (Å²) in [6.45, 7) is 3.86. The molecule has 0 aliphatic carbocycles. The summed E-state index contributed by atoms with van der Waals surface area (Å²) < 4.78 is 37.1. The molecule has 0 aliphatic heterocycles. The third-order valence-electron chi connectivity index (χ3n) is 1.82.